The summed E-state index contributed by atoms with van der Waals surface area (Å²) in [6.07, 6.45) is 7.86. The predicted octanol–water partition coefficient (Wildman–Crippen LogP) is 3.10. The molecular weight excluding hydrogens is 498 g/mol. The molecule has 2 unspecified atom stereocenters. The maximum Gasteiger partial charge on any atom is 0.195 e. The smallest absolute Gasteiger partial charge is 0.195 e. The topological polar surface area (TPSA) is 90.1 Å². The molecule has 1 aliphatic rings. The molecule has 5 heterocycles. The van der Waals surface area contributed by atoms with Crippen LogP contribution in [0.15, 0.2) is 77.4 Å². The summed E-state index contributed by atoms with van der Waals surface area (Å²) in [7, 11) is 3.68. The van der Waals surface area contributed by atoms with Gasteiger partial charge in [-0.1, -0.05) is 30.3 Å². The largest absolute Gasteiger partial charge is 0.378 e. The van der Waals surface area contributed by atoms with Crippen LogP contribution in [0.4, 0.5) is 5.82 Å². The molecule has 0 saturated carbocycles. The van der Waals surface area contributed by atoms with Gasteiger partial charge in [-0.15, -0.1) is 11.3 Å². The van der Waals surface area contributed by atoms with Gasteiger partial charge in [0.15, 0.2) is 16.2 Å². The van der Waals surface area contributed by atoms with Crippen molar-refractivity contribution >= 4 is 28.2 Å². The average molecular weight is 528 g/mol. The van der Waals surface area contributed by atoms with E-state index in [9.17, 15) is 4.79 Å². The fourth-order valence-electron chi connectivity index (χ4n) is 5.11. The number of hydrogen-bond acceptors (Lipinski definition) is 8. The molecule has 2 atom stereocenters. The van der Waals surface area contributed by atoms with Crippen LogP contribution < -0.4 is 15.6 Å². The minimum Gasteiger partial charge on any atom is -0.378 e. The summed E-state index contributed by atoms with van der Waals surface area (Å²) < 4.78 is 9.69. The lowest BCUT2D eigenvalue weighted by Gasteiger charge is -2.19. The number of benzene rings is 1. The second kappa shape index (κ2) is 10.5. The van der Waals surface area contributed by atoms with E-state index in [1.54, 1.807) is 19.5 Å². The second-order valence-corrected chi connectivity index (χ2v) is 10.3. The number of pyridine rings is 2. The van der Waals surface area contributed by atoms with Gasteiger partial charge in [0.1, 0.15) is 11.6 Å². The minimum atomic E-state index is -0.0367. The number of thiazole rings is 1. The molecule has 0 amide bonds. The van der Waals surface area contributed by atoms with E-state index in [-0.39, 0.29) is 17.6 Å². The van der Waals surface area contributed by atoms with Crippen molar-refractivity contribution in [2.45, 2.75) is 25.1 Å². The number of nitrogens with one attached hydrogen (secondary N) is 1. The standard InChI is InChI=1S/C28H29N7O2S/c1-29-22-17-34(18-23(22)37-2)24-9-8-21-26(36)20(16-35(27(21)32-24)28-31-11-13-38-28)14-25-30-10-12-33(25)15-19-6-4-3-5-7-19/h3-13,16,22-23,29H,14-15,17-18H2,1-2H3. The number of nitrogens with zero attached hydrogens (tertiary/aromatic N) is 6. The van der Waals surface area contributed by atoms with Gasteiger partial charge in [0.05, 0.1) is 17.5 Å². The summed E-state index contributed by atoms with van der Waals surface area (Å²) >= 11 is 1.51. The van der Waals surface area contributed by atoms with Gasteiger partial charge >= 0.3 is 0 Å². The van der Waals surface area contributed by atoms with Crippen LogP contribution in [-0.4, -0.2) is 63.5 Å². The summed E-state index contributed by atoms with van der Waals surface area (Å²) in [5.41, 5.74) is 2.39. The molecule has 6 rings (SSSR count). The van der Waals surface area contributed by atoms with Gasteiger partial charge in [0.2, 0.25) is 0 Å². The monoisotopic (exact) mass is 527 g/mol. The Hall–Kier alpha value is -3.86. The first kappa shape index (κ1) is 24.5. The molecule has 1 fully saturated rings. The first-order valence-electron chi connectivity index (χ1n) is 12.6. The van der Waals surface area contributed by atoms with Gasteiger partial charge in [-0.2, -0.15) is 0 Å². The van der Waals surface area contributed by atoms with Crippen LogP contribution in [0.25, 0.3) is 16.2 Å². The minimum absolute atomic E-state index is 0.0367. The zero-order chi connectivity index (χ0) is 26.1. The molecule has 9 nitrogen and oxygen atoms in total. The molecule has 4 aromatic heterocycles. The highest BCUT2D eigenvalue weighted by Gasteiger charge is 2.32. The van der Waals surface area contributed by atoms with Crippen LogP contribution in [0.2, 0.25) is 0 Å². The highest BCUT2D eigenvalue weighted by Crippen LogP contribution is 2.25. The quantitative estimate of drug-likeness (QED) is 0.332. The summed E-state index contributed by atoms with van der Waals surface area (Å²) in [4.78, 5) is 30.0. The van der Waals surface area contributed by atoms with Crippen molar-refractivity contribution in [3.63, 3.8) is 0 Å². The Labute approximate surface area is 224 Å². The van der Waals surface area contributed by atoms with Crippen molar-refractivity contribution < 1.29 is 4.74 Å². The van der Waals surface area contributed by atoms with E-state index in [0.717, 1.165) is 29.9 Å². The number of fused-ring (bicyclic) bond motifs is 1. The lowest BCUT2D eigenvalue weighted by atomic mass is 10.1. The summed E-state index contributed by atoms with van der Waals surface area (Å²) in [5, 5.41) is 6.58. The molecule has 0 bridgehead atoms. The lowest BCUT2D eigenvalue weighted by Crippen LogP contribution is -2.37. The molecule has 5 aromatic rings. The Morgan fingerprint density at radius 3 is 2.71 bits per heavy atom. The molecular formula is C28H29N7O2S. The third kappa shape index (κ3) is 4.62. The number of anilines is 1. The number of imidazole rings is 1. The second-order valence-electron chi connectivity index (χ2n) is 9.42. The van der Waals surface area contributed by atoms with Crippen molar-refractivity contribution in [1.29, 1.82) is 0 Å². The summed E-state index contributed by atoms with van der Waals surface area (Å²) in [5.74, 6) is 1.65. The lowest BCUT2D eigenvalue weighted by molar-refractivity contribution is 0.0996. The number of aromatic nitrogens is 5. The molecule has 0 aliphatic carbocycles. The molecule has 1 saturated heterocycles. The van der Waals surface area contributed by atoms with E-state index in [2.05, 4.69) is 36.9 Å². The first-order chi connectivity index (χ1) is 18.6. The molecule has 194 valence electrons. The van der Waals surface area contributed by atoms with Crippen LogP contribution >= 0.6 is 11.3 Å². The number of ether oxygens (including phenoxy) is 1. The van der Waals surface area contributed by atoms with Gasteiger partial charge in [-0.25, -0.2) is 15.0 Å². The summed E-state index contributed by atoms with van der Waals surface area (Å²) in [6, 6.07) is 14.3. The van der Waals surface area contributed by atoms with Gasteiger partial charge in [-0.05, 0) is 24.7 Å². The van der Waals surface area contributed by atoms with E-state index >= 15 is 0 Å². The third-order valence-corrected chi connectivity index (χ3v) is 7.92. The predicted molar refractivity (Wildman–Crippen MR) is 149 cm³/mol. The van der Waals surface area contributed by atoms with Crippen molar-refractivity contribution in [1.82, 2.24) is 29.4 Å². The number of methoxy groups -OCH3 is 1. The number of hydrogen-bond donors (Lipinski definition) is 1. The Kier molecular flexibility index (Phi) is 6.75. The van der Waals surface area contributed by atoms with Crippen LogP contribution in [0.3, 0.4) is 0 Å². The Morgan fingerprint density at radius 1 is 1.11 bits per heavy atom. The fourth-order valence-corrected chi connectivity index (χ4v) is 5.73. The van der Waals surface area contributed by atoms with Crippen LogP contribution in [0.1, 0.15) is 17.0 Å². The first-order valence-corrected chi connectivity index (χ1v) is 13.5. The maximum absolute atomic E-state index is 13.7. The summed E-state index contributed by atoms with van der Waals surface area (Å²) in [6.45, 7) is 2.20. The molecule has 10 heteroatoms. The van der Waals surface area contributed by atoms with Gasteiger partial charge in [0.25, 0.3) is 0 Å². The fraction of sp³-hybridized carbons (Fsp3) is 0.286. The zero-order valence-electron chi connectivity index (χ0n) is 21.3. The Morgan fingerprint density at radius 2 is 1.97 bits per heavy atom. The van der Waals surface area contributed by atoms with E-state index in [1.807, 2.05) is 59.7 Å². The molecule has 0 spiro atoms. The maximum atomic E-state index is 13.7. The van der Waals surface area contributed by atoms with E-state index in [4.69, 9.17) is 9.72 Å². The average Bonchev–Trinajstić information content (AvgIpc) is 3.72. The molecule has 38 heavy (non-hydrogen) atoms. The zero-order valence-corrected chi connectivity index (χ0v) is 22.1. The highest BCUT2D eigenvalue weighted by molar-refractivity contribution is 7.12. The van der Waals surface area contributed by atoms with Crippen molar-refractivity contribution in [2.75, 3.05) is 32.1 Å². The molecule has 1 aliphatic heterocycles. The van der Waals surface area contributed by atoms with Gasteiger partial charge in [-0.3, -0.25) is 9.36 Å². The normalized spacial score (nSPS) is 17.5. The van der Waals surface area contributed by atoms with E-state index < -0.39 is 0 Å². The van der Waals surface area contributed by atoms with Crippen LogP contribution in [0.5, 0.6) is 0 Å². The Bertz CT molecular complexity index is 1590. The van der Waals surface area contributed by atoms with E-state index in [1.165, 1.54) is 16.9 Å². The molecule has 0 radical (unpaired) electrons. The Balaban J connectivity index is 1.39. The van der Waals surface area contributed by atoms with Crippen molar-refractivity contribution in [2.24, 2.45) is 0 Å². The number of rotatable bonds is 8. The van der Waals surface area contributed by atoms with Crippen molar-refractivity contribution in [3.8, 4) is 5.13 Å². The highest BCUT2D eigenvalue weighted by atomic mass is 32.1. The van der Waals surface area contributed by atoms with Crippen LogP contribution in [-0.2, 0) is 17.7 Å². The third-order valence-electron chi connectivity index (χ3n) is 7.14. The molecule has 1 N–H and O–H groups in total. The van der Waals surface area contributed by atoms with E-state index in [0.29, 0.717) is 29.6 Å². The van der Waals surface area contributed by atoms with Gasteiger partial charge in [0, 0.05) is 68.9 Å². The molecule has 1 aromatic carbocycles. The number of likely N-dealkylation sites (N-methyl/N-ethyl adjacent to an activating group) is 1. The van der Waals surface area contributed by atoms with Crippen molar-refractivity contribution in [3.05, 3.63) is 99.8 Å². The van der Waals surface area contributed by atoms with Crippen LogP contribution in [0, 0.1) is 0 Å². The SMILES string of the molecule is CNC1CN(c2ccc3c(=O)c(Cc4nccn4Cc4ccccc4)cn(-c4nccs4)c3n2)CC1OC. The van der Waals surface area contributed by atoms with Gasteiger partial charge < -0.3 is 19.5 Å².